The lowest BCUT2D eigenvalue weighted by molar-refractivity contribution is 0.425. The second-order valence-electron chi connectivity index (χ2n) is 2.83. The highest BCUT2D eigenvalue weighted by Gasteiger charge is 2.11. The largest absolute Gasteiger partial charge is 0.488 e. The molecule has 1 atom stereocenters. The Morgan fingerprint density at radius 3 is 2.58 bits per heavy atom. The van der Waals surface area contributed by atoms with Crippen LogP contribution in [0.2, 0.25) is 0 Å². The van der Waals surface area contributed by atoms with E-state index < -0.39 is 7.12 Å². The highest BCUT2D eigenvalue weighted by atomic mass is 16.4. The summed E-state index contributed by atoms with van der Waals surface area (Å²) in [6.45, 7) is 1.85. The molecular weight excluding hydrogens is 153 g/mol. The SMILES string of the molecule is C[C@H](N)c1cccc(B(O)O)c1. The third-order valence-corrected chi connectivity index (χ3v) is 1.73. The van der Waals surface area contributed by atoms with E-state index in [0.29, 0.717) is 5.46 Å². The summed E-state index contributed by atoms with van der Waals surface area (Å²) in [7, 11) is -1.41. The molecule has 1 rings (SSSR count). The van der Waals surface area contributed by atoms with Gasteiger partial charge in [-0.15, -0.1) is 0 Å². The molecule has 64 valence electrons. The van der Waals surface area contributed by atoms with Crippen molar-refractivity contribution in [2.24, 2.45) is 5.73 Å². The molecule has 0 aliphatic rings. The van der Waals surface area contributed by atoms with Crippen LogP contribution < -0.4 is 11.2 Å². The molecule has 0 saturated heterocycles. The zero-order chi connectivity index (χ0) is 9.14. The Hall–Kier alpha value is -0.835. The van der Waals surface area contributed by atoms with Crippen molar-refractivity contribution in [1.82, 2.24) is 0 Å². The zero-order valence-electron chi connectivity index (χ0n) is 6.94. The first-order valence-electron chi connectivity index (χ1n) is 3.83. The predicted octanol–water partition coefficient (Wildman–Crippen LogP) is -0.614. The average molecular weight is 165 g/mol. The highest BCUT2D eigenvalue weighted by molar-refractivity contribution is 6.58. The van der Waals surface area contributed by atoms with E-state index in [1.54, 1.807) is 18.2 Å². The van der Waals surface area contributed by atoms with Gasteiger partial charge >= 0.3 is 7.12 Å². The van der Waals surface area contributed by atoms with Gasteiger partial charge in [-0.05, 0) is 17.9 Å². The molecule has 0 fully saturated rings. The molecule has 0 aromatic heterocycles. The minimum atomic E-state index is -1.41. The summed E-state index contributed by atoms with van der Waals surface area (Å²) in [5, 5.41) is 17.7. The number of nitrogens with two attached hydrogens (primary N) is 1. The number of hydrogen-bond acceptors (Lipinski definition) is 3. The first kappa shape index (κ1) is 9.25. The van der Waals surface area contributed by atoms with Crippen molar-refractivity contribution in [2.75, 3.05) is 0 Å². The van der Waals surface area contributed by atoms with Crippen LogP contribution in [0.1, 0.15) is 18.5 Å². The quantitative estimate of drug-likeness (QED) is 0.512. The smallest absolute Gasteiger partial charge is 0.423 e. The van der Waals surface area contributed by atoms with Crippen molar-refractivity contribution in [3.63, 3.8) is 0 Å². The van der Waals surface area contributed by atoms with Crippen LogP contribution >= 0.6 is 0 Å². The van der Waals surface area contributed by atoms with Crippen molar-refractivity contribution in [3.05, 3.63) is 29.8 Å². The lowest BCUT2D eigenvalue weighted by atomic mass is 9.79. The molecule has 0 bridgehead atoms. The second kappa shape index (κ2) is 3.71. The summed E-state index contributed by atoms with van der Waals surface area (Å²) in [6, 6.07) is 6.87. The van der Waals surface area contributed by atoms with Crippen LogP contribution in [0.15, 0.2) is 24.3 Å². The summed E-state index contributed by atoms with van der Waals surface area (Å²) in [5.74, 6) is 0. The van der Waals surface area contributed by atoms with Gasteiger partial charge in [0.05, 0.1) is 0 Å². The van der Waals surface area contributed by atoms with Crippen LogP contribution in [0, 0.1) is 0 Å². The Bertz CT molecular complexity index is 240. The summed E-state index contributed by atoms with van der Waals surface area (Å²) in [6.07, 6.45) is 0. The molecule has 3 nitrogen and oxygen atoms in total. The molecule has 1 aromatic rings. The van der Waals surface area contributed by atoms with Gasteiger partial charge in [0.1, 0.15) is 0 Å². The molecule has 12 heavy (non-hydrogen) atoms. The second-order valence-corrected chi connectivity index (χ2v) is 2.83. The van der Waals surface area contributed by atoms with Gasteiger partial charge in [-0.1, -0.05) is 24.3 Å². The van der Waals surface area contributed by atoms with Gasteiger partial charge < -0.3 is 15.8 Å². The lowest BCUT2D eigenvalue weighted by Gasteiger charge is -2.06. The molecule has 4 N–H and O–H groups in total. The van der Waals surface area contributed by atoms with Crippen LogP contribution in [0.3, 0.4) is 0 Å². The molecule has 0 unspecified atom stereocenters. The van der Waals surface area contributed by atoms with E-state index in [0.717, 1.165) is 5.56 Å². The van der Waals surface area contributed by atoms with Gasteiger partial charge in [-0.3, -0.25) is 0 Å². The fourth-order valence-corrected chi connectivity index (χ4v) is 1.00. The fraction of sp³-hybridized carbons (Fsp3) is 0.250. The van der Waals surface area contributed by atoms with E-state index >= 15 is 0 Å². The molecule has 4 heteroatoms. The van der Waals surface area contributed by atoms with Crippen LogP contribution in [-0.2, 0) is 0 Å². The minimum Gasteiger partial charge on any atom is -0.423 e. The van der Waals surface area contributed by atoms with E-state index in [2.05, 4.69) is 0 Å². The Balaban J connectivity index is 2.96. The van der Waals surface area contributed by atoms with Crippen LogP contribution in [0.25, 0.3) is 0 Å². The maximum atomic E-state index is 8.84. The van der Waals surface area contributed by atoms with Crippen LogP contribution in [0.5, 0.6) is 0 Å². The third-order valence-electron chi connectivity index (χ3n) is 1.73. The van der Waals surface area contributed by atoms with Crippen LogP contribution in [-0.4, -0.2) is 17.2 Å². The zero-order valence-corrected chi connectivity index (χ0v) is 6.94. The molecule has 0 radical (unpaired) electrons. The van der Waals surface area contributed by atoms with Gasteiger partial charge in [0.15, 0.2) is 0 Å². The number of benzene rings is 1. The van der Waals surface area contributed by atoms with Crippen molar-refractivity contribution >= 4 is 12.6 Å². The maximum absolute atomic E-state index is 8.84. The molecular formula is C8H12BNO2. The maximum Gasteiger partial charge on any atom is 0.488 e. The Morgan fingerprint density at radius 1 is 1.42 bits per heavy atom. The summed E-state index contributed by atoms with van der Waals surface area (Å²) in [4.78, 5) is 0. The average Bonchev–Trinajstić information content (AvgIpc) is 2.04. The minimum absolute atomic E-state index is 0.0799. The van der Waals surface area contributed by atoms with Crippen molar-refractivity contribution in [2.45, 2.75) is 13.0 Å². The summed E-state index contributed by atoms with van der Waals surface area (Å²) >= 11 is 0. The topological polar surface area (TPSA) is 66.5 Å². The van der Waals surface area contributed by atoms with Crippen LogP contribution in [0.4, 0.5) is 0 Å². The highest BCUT2D eigenvalue weighted by Crippen LogP contribution is 2.06. The summed E-state index contributed by atoms with van der Waals surface area (Å²) < 4.78 is 0. The van der Waals surface area contributed by atoms with Gasteiger partial charge in [-0.25, -0.2) is 0 Å². The van der Waals surface area contributed by atoms with E-state index in [4.69, 9.17) is 15.8 Å². The molecule has 1 aromatic carbocycles. The standard InChI is InChI=1S/C8H12BNO2/c1-6(10)7-3-2-4-8(5-7)9(11)12/h2-6,11-12H,10H2,1H3/t6-/m0/s1. The van der Waals surface area contributed by atoms with Gasteiger partial charge in [-0.2, -0.15) is 0 Å². The Labute approximate surface area is 72.0 Å². The third kappa shape index (κ3) is 2.07. The lowest BCUT2D eigenvalue weighted by Crippen LogP contribution is -2.30. The normalized spacial score (nSPS) is 12.7. The van der Waals surface area contributed by atoms with Gasteiger partial charge in [0.25, 0.3) is 0 Å². The molecule has 0 aliphatic carbocycles. The molecule has 0 amide bonds. The van der Waals surface area contributed by atoms with Crippen molar-refractivity contribution in [1.29, 1.82) is 0 Å². The first-order chi connectivity index (χ1) is 5.61. The molecule has 0 heterocycles. The van der Waals surface area contributed by atoms with E-state index in [1.807, 2.05) is 13.0 Å². The van der Waals surface area contributed by atoms with Gasteiger partial charge in [0.2, 0.25) is 0 Å². The van der Waals surface area contributed by atoms with Crippen molar-refractivity contribution in [3.8, 4) is 0 Å². The number of hydrogen-bond donors (Lipinski definition) is 3. The van der Waals surface area contributed by atoms with E-state index in [-0.39, 0.29) is 6.04 Å². The number of rotatable bonds is 2. The fourth-order valence-electron chi connectivity index (χ4n) is 1.00. The molecule has 0 saturated carbocycles. The predicted molar refractivity (Wildman–Crippen MR) is 48.9 cm³/mol. The monoisotopic (exact) mass is 165 g/mol. The summed E-state index contributed by atoms with van der Waals surface area (Å²) in [5.41, 5.74) is 7.00. The van der Waals surface area contributed by atoms with E-state index in [1.165, 1.54) is 0 Å². The van der Waals surface area contributed by atoms with Gasteiger partial charge in [0, 0.05) is 6.04 Å². The molecule has 0 spiro atoms. The Kier molecular flexibility index (Phi) is 2.86. The van der Waals surface area contributed by atoms with E-state index in [9.17, 15) is 0 Å². The molecule has 0 aliphatic heterocycles. The first-order valence-corrected chi connectivity index (χ1v) is 3.83. The Morgan fingerprint density at radius 2 is 2.08 bits per heavy atom. The van der Waals surface area contributed by atoms with Crippen molar-refractivity contribution < 1.29 is 10.0 Å².